The Balaban J connectivity index is 0. The quantitative estimate of drug-likeness (QED) is 0.176. The molecule has 0 unspecified atom stereocenters. The summed E-state index contributed by atoms with van der Waals surface area (Å²) < 4.78 is 1.34. The van der Waals surface area contributed by atoms with E-state index in [9.17, 15) is 0 Å². The number of rotatable bonds is 2. The molecule has 0 fully saturated rings. The molecule has 0 aromatic carbocycles. The third-order valence-electron chi connectivity index (χ3n) is 0.840. The molecule has 0 aliphatic carbocycles. The first-order valence-corrected chi connectivity index (χ1v) is 4.24. The van der Waals surface area contributed by atoms with Crippen LogP contribution in [0.1, 0.15) is 0 Å². The number of nitrogens with zero attached hydrogens (tertiary/aromatic N) is 2. The van der Waals surface area contributed by atoms with Crippen molar-refractivity contribution in [3.05, 3.63) is 12.7 Å². The Morgan fingerprint density at radius 1 is 1.38 bits per heavy atom. The van der Waals surface area contributed by atoms with Crippen molar-refractivity contribution in [1.29, 1.82) is 0 Å². The maximum Gasteiger partial charge on any atom is 0.513 e. The second-order valence-electron chi connectivity index (χ2n) is 3.32. The summed E-state index contributed by atoms with van der Waals surface area (Å²) in [4.78, 5) is 0. The van der Waals surface area contributed by atoms with E-state index in [1.807, 2.05) is 6.08 Å². The van der Waals surface area contributed by atoms with Crippen LogP contribution in [-0.2, 0) is 25.6 Å². The molecule has 6 heteroatoms. The van der Waals surface area contributed by atoms with E-state index in [0.717, 1.165) is 11.0 Å². The highest BCUT2D eigenvalue weighted by Gasteiger charge is 1.99. The third kappa shape index (κ3) is 18.4. The van der Waals surface area contributed by atoms with Gasteiger partial charge in [0.2, 0.25) is 0 Å². The van der Waals surface area contributed by atoms with Gasteiger partial charge in [-0.2, -0.15) is 0 Å². The van der Waals surface area contributed by atoms with Gasteiger partial charge in [0.1, 0.15) is 0 Å². The van der Waals surface area contributed by atoms with E-state index in [4.69, 9.17) is 10.2 Å². The largest absolute Gasteiger partial charge is 0.513 e. The van der Waals surface area contributed by atoms with Crippen LogP contribution in [0, 0.1) is 0 Å². The smallest absolute Gasteiger partial charge is 0.446 e. The average molecular weight is 224 g/mol. The molecule has 0 amide bonds. The van der Waals surface area contributed by atoms with Crippen molar-refractivity contribution in [2.24, 2.45) is 0 Å². The summed E-state index contributed by atoms with van der Waals surface area (Å²) in [5, 5.41) is 15.6. The van der Waals surface area contributed by atoms with Crippen LogP contribution in [0.5, 0.6) is 0 Å². The van der Waals surface area contributed by atoms with Crippen molar-refractivity contribution >= 4 is 31.7 Å². The van der Waals surface area contributed by atoms with E-state index in [2.05, 4.69) is 53.4 Å². The second-order valence-corrected chi connectivity index (χ2v) is 4.28. The monoisotopic (exact) mass is 224 g/mol. The van der Waals surface area contributed by atoms with Gasteiger partial charge in [-0.25, -0.2) is 0 Å². The van der Waals surface area contributed by atoms with Gasteiger partial charge in [-0.1, -0.05) is 6.58 Å². The number of hydrogen-bond donors (Lipinski definition) is 2. The van der Waals surface area contributed by atoms with E-state index in [1.54, 1.807) is 0 Å². The highest BCUT2D eigenvalue weighted by molar-refractivity contribution is 7.65. The van der Waals surface area contributed by atoms with E-state index < -0.39 is 6.08 Å². The van der Waals surface area contributed by atoms with Gasteiger partial charge >= 0.3 is 6.08 Å². The van der Waals surface area contributed by atoms with Gasteiger partial charge in [0.25, 0.3) is 0 Å². The molecule has 0 heterocycles. The molecule has 0 aliphatic heterocycles. The molecule has 0 aromatic rings. The van der Waals surface area contributed by atoms with Crippen molar-refractivity contribution in [3.63, 3.8) is 0 Å². The van der Waals surface area contributed by atoms with Crippen molar-refractivity contribution < 1.29 is 18.1 Å². The van der Waals surface area contributed by atoms with Crippen molar-refractivity contribution in [3.8, 4) is 0 Å². The van der Waals surface area contributed by atoms with Crippen LogP contribution in [0.3, 0.4) is 0 Å². The van der Waals surface area contributed by atoms with E-state index in [-0.39, 0.29) is 0 Å². The molecule has 78 valence electrons. The molecule has 0 rings (SSSR count). The van der Waals surface area contributed by atoms with Crippen LogP contribution in [0.2, 0.25) is 0 Å². The van der Waals surface area contributed by atoms with Gasteiger partial charge in [-0.3, -0.25) is 0 Å². The lowest BCUT2D eigenvalue weighted by Crippen LogP contribution is -2.33. The third-order valence-corrected chi connectivity index (χ3v) is 1.17. The zero-order valence-electron chi connectivity index (χ0n) is 8.10. The number of aliphatic hydroxyl groups is 2. The van der Waals surface area contributed by atoms with Crippen LogP contribution in [-0.4, -0.2) is 51.9 Å². The lowest BCUT2D eigenvalue weighted by molar-refractivity contribution is -0.864. The first-order chi connectivity index (χ1) is 5.70. The summed E-state index contributed by atoms with van der Waals surface area (Å²) in [5.41, 5.74) is 0. The van der Waals surface area contributed by atoms with Crippen molar-refractivity contribution in [2.45, 2.75) is 0 Å². The van der Waals surface area contributed by atoms with Gasteiger partial charge in [0.05, 0.1) is 27.7 Å². The fourth-order valence-electron chi connectivity index (χ4n) is 0.387. The normalized spacial score (nSPS) is 9.46. The predicted octanol–water partition coefficient (Wildman–Crippen LogP) is 0.273. The van der Waals surface area contributed by atoms with Crippen LogP contribution in [0.4, 0.5) is 0 Å². The Bertz CT molecular complexity index is 169. The van der Waals surface area contributed by atoms with Crippen LogP contribution >= 0.6 is 0 Å². The Morgan fingerprint density at radius 2 is 1.69 bits per heavy atom. The molecule has 0 spiro atoms. The molecule has 0 aromatic heterocycles. The fourth-order valence-corrected chi connectivity index (χ4v) is 0.387. The zero-order valence-corrected chi connectivity index (χ0v) is 9.73. The predicted molar refractivity (Wildman–Crippen MR) is 58.4 cm³/mol. The summed E-state index contributed by atoms with van der Waals surface area (Å²) in [6, 6.07) is 0. The first-order valence-electron chi connectivity index (χ1n) is 3.51. The Morgan fingerprint density at radius 3 is 1.69 bits per heavy atom. The number of aliphatic hydroxyl groups excluding tert-OH is 1. The highest BCUT2D eigenvalue weighted by Crippen LogP contribution is 1.86. The summed E-state index contributed by atoms with van der Waals surface area (Å²) in [5.74, 6) is 0. The lowest BCUT2D eigenvalue weighted by Gasteiger charge is -2.21. The summed E-state index contributed by atoms with van der Waals surface area (Å²) in [6.45, 7) is 4.67. The number of hydrogen-bond acceptors (Lipinski definition) is 2. The molecule has 0 saturated carbocycles. The standard InChI is InChI=1S/C6H14N.CH2NO2S2/c1-5-6-7(2,3)4;3-1(4)2(5)6/h5H,1,6H2,2-4H3;(H2-,3,4,5,6)/q+1;-1. The van der Waals surface area contributed by atoms with Crippen LogP contribution in [0.15, 0.2) is 12.7 Å². The van der Waals surface area contributed by atoms with Crippen LogP contribution < -0.4 is 0 Å². The molecule has 13 heavy (non-hydrogen) atoms. The van der Waals surface area contributed by atoms with Crippen molar-refractivity contribution in [2.75, 3.05) is 27.7 Å². The average Bonchev–Trinajstić information content (AvgIpc) is 1.85. The number of likely N-dealkylation sites (N-methyl/N-ethyl adjacent to an activating group) is 1. The second kappa shape index (κ2) is 6.88. The minimum atomic E-state index is -1.03. The molecule has 4 nitrogen and oxygen atoms in total. The molecule has 0 radical (unpaired) electrons. The molecular weight excluding hydrogens is 208 g/mol. The maximum atomic E-state index is 7.82. The lowest BCUT2D eigenvalue weighted by atomic mass is 10.5. The first kappa shape index (κ1) is 14.9. The molecular formula is C7H16N2O2S2. The Labute approximate surface area is 90.5 Å². The molecule has 0 atom stereocenters. The Hall–Kier alpha value is -0.590. The van der Waals surface area contributed by atoms with E-state index in [1.165, 1.54) is 0 Å². The van der Waals surface area contributed by atoms with Crippen molar-refractivity contribution in [1.82, 2.24) is 0 Å². The molecule has 2 N–H and O–H groups in total. The fraction of sp³-hybridized carbons (Fsp3) is 0.571. The van der Waals surface area contributed by atoms with E-state index >= 15 is 0 Å². The number of quaternary nitrogens is 1. The maximum absolute atomic E-state index is 7.82. The van der Waals surface area contributed by atoms with Gasteiger partial charge in [0, 0.05) is 0 Å². The summed E-state index contributed by atoms with van der Waals surface area (Å²) in [6.07, 6.45) is 0.903. The zero-order chi connectivity index (χ0) is 11.1. The molecule has 0 saturated heterocycles. The topological polar surface area (TPSA) is 43.5 Å². The van der Waals surface area contributed by atoms with Crippen LogP contribution in [0.25, 0.3) is 0 Å². The summed E-state index contributed by atoms with van der Waals surface area (Å²) >= 11 is 8.03. The van der Waals surface area contributed by atoms with Gasteiger partial charge in [0.15, 0.2) is 0 Å². The SMILES string of the molecule is C=CC[N+](C)(C)C.OC(O)=[N+]([S-])[S-]. The minimum Gasteiger partial charge on any atom is -0.446 e. The Kier molecular flexibility index (Phi) is 7.89. The summed E-state index contributed by atoms with van der Waals surface area (Å²) in [7, 11) is 6.42. The highest BCUT2D eigenvalue weighted by atomic mass is 32.2. The molecule has 0 aliphatic rings. The minimum absolute atomic E-state index is 0.361. The molecule has 0 bridgehead atoms. The van der Waals surface area contributed by atoms with E-state index in [0.29, 0.717) is 3.39 Å². The van der Waals surface area contributed by atoms with Gasteiger partial charge < -0.3 is 43.7 Å². The van der Waals surface area contributed by atoms with Gasteiger partial charge in [-0.05, 0) is 6.08 Å². The van der Waals surface area contributed by atoms with Gasteiger partial charge in [-0.15, -0.1) is 0 Å².